The molecule has 16 heavy (non-hydrogen) atoms. The van der Waals surface area contributed by atoms with E-state index in [4.69, 9.17) is 15.7 Å². The molecule has 0 saturated carbocycles. The van der Waals surface area contributed by atoms with Crippen LogP contribution >= 0.6 is 11.3 Å². The van der Waals surface area contributed by atoms with Crippen molar-refractivity contribution in [3.63, 3.8) is 0 Å². The Morgan fingerprint density at radius 1 is 1.44 bits per heavy atom. The van der Waals surface area contributed by atoms with Crippen molar-refractivity contribution in [3.05, 3.63) is 35.8 Å². The second-order valence-electron chi connectivity index (χ2n) is 2.91. The minimum Gasteiger partial charge on any atom is -0.445 e. The van der Waals surface area contributed by atoms with Crippen LogP contribution in [0.5, 0.6) is 10.8 Å². The summed E-state index contributed by atoms with van der Waals surface area (Å²) >= 11 is 1.14. The lowest BCUT2D eigenvalue weighted by atomic mass is 10.2. The van der Waals surface area contributed by atoms with Gasteiger partial charge in [-0.3, -0.25) is 0 Å². The van der Waals surface area contributed by atoms with Gasteiger partial charge in [0.1, 0.15) is 11.6 Å². The molecular weight excluding hydrogens is 229 g/mol. The second kappa shape index (κ2) is 4.16. The van der Waals surface area contributed by atoms with E-state index in [0.29, 0.717) is 10.2 Å². The predicted octanol–water partition coefficient (Wildman–Crippen LogP) is 2.53. The molecule has 2 aromatic rings. The molecule has 1 aromatic carbocycles. The number of ether oxygens (including phenoxy) is 1. The average molecular weight is 235 g/mol. The van der Waals surface area contributed by atoms with Gasteiger partial charge in [0.15, 0.2) is 5.13 Å². The molecule has 0 aliphatic carbocycles. The number of thiazole rings is 1. The smallest absolute Gasteiger partial charge is 0.202 e. The van der Waals surface area contributed by atoms with E-state index < -0.39 is 5.82 Å². The number of nitriles is 1. The van der Waals surface area contributed by atoms with Crippen molar-refractivity contribution in [2.24, 2.45) is 0 Å². The van der Waals surface area contributed by atoms with Crippen LogP contribution in [0.2, 0.25) is 0 Å². The highest BCUT2D eigenvalue weighted by Gasteiger charge is 2.05. The Balaban J connectivity index is 2.28. The number of benzene rings is 1. The Labute approximate surface area is 94.7 Å². The van der Waals surface area contributed by atoms with E-state index in [0.717, 1.165) is 17.4 Å². The number of rotatable bonds is 2. The van der Waals surface area contributed by atoms with Gasteiger partial charge in [-0.25, -0.2) is 9.37 Å². The van der Waals surface area contributed by atoms with Crippen LogP contribution in [0.15, 0.2) is 24.4 Å². The topological polar surface area (TPSA) is 71.9 Å². The van der Waals surface area contributed by atoms with E-state index in [1.165, 1.54) is 18.3 Å². The molecule has 0 saturated heterocycles. The highest BCUT2D eigenvalue weighted by Crippen LogP contribution is 2.29. The van der Waals surface area contributed by atoms with Gasteiger partial charge in [-0.1, -0.05) is 11.3 Å². The molecule has 80 valence electrons. The zero-order valence-corrected chi connectivity index (χ0v) is 8.79. The number of halogens is 1. The molecule has 1 aromatic heterocycles. The summed E-state index contributed by atoms with van der Waals surface area (Å²) in [6, 6.07) is 5.61. The molecule has 0 unspecified atom stereocenters. The summed E-state index contributed by atoms with van der Waals surface area (Å²) in [6.45, 7) is 0. The molecule has 1 heterocycles. The van der Waals surface area contributed by atoms with Gasteiger partial charge >= 0.3 is 0 Å². The molecule has 0 atom stereocenters. The maximum Gasteiger partial charge on any atom is 0.202 e. The number of hydrogen-bond donors (Lipinski definition) is 1. The first kappa shape index (κ1) is 10.4. The third-order valence-electron chi connectivity index (χ3n) is 1.72. The number of anilines is 1. The number of nitrogen functional groups attached to an aromatic ring is 1. The van der Waals surface area contributed by atoms with Crippen molar-refractivity contribution in [2.75, 3.05) is 5.73 Å². The zero-order valence-electron chi connectivity index (χ0n) is 7.98. The van der Waals surface area contributed by atoms with Crippen molar-refractivity contribution < 1.29 is 9.13 Å². The van der Waals surface area contributed by atoms with Gasteiger partial charge in [-0.05, 0) is 12.1 Å². The molecule has 0 amide bonds. The van der Waals surface area contributed by atoms with Crippen LogP contribution in [-0.4, -0.2) is 4.98 Å². The number of hydrogen-bond acceptors (Lipinski definition) is 5. The summed E-state index contributed by atoms with van der Waals surface area (Å²) in [6.07, 6.45) is 1.44. The molecule has 2 rings (SSSR count). The highest BCUT2D eigenvalue weighted by atomic mass is 32.1. The summed E-state index contributed by atoms with van der Waals surface area (Å²) < 4.78 is 18.4. The maximum atomic E-state index is 13.1. The van der Waals surface area contributed by atoms with Crippen molar-refractivity contribution in [1.29, 1.82) is 5.26 Å². The second-order valence-corrected chi connectivity index (χ2v) is 3.93. The van der Waals surface area contributed by atoms with Gasteiger partial charge in [0.2, 0.25) is 5.06 Å². The molecule has 2 N–H and O–H groups in total. The molecule has 6 heteroatoms. The van der Waals surface area contributed by atoms with Crippen LogP contribution in [-0.2, 0) is 0 Å². The lowest BCUT2D eigenvalue weighted by Crippen LogP contribution is -1.85. The first-order valence-electron chi connectivity index (χ1n) is 4.27. The van der Waals surface area contributed by atoms with Crippen LogP contribution in [0.1, 0.15) is 5.56 Å². The minimum atomic E-state index is -0.522. The van der Waals surface area contributed by atoms with Crippen LogP contribution in [0.4, 0.5) is 9.52 Å². The number of nitrogens with zero attached hydrogens (tertiary/aromatic N) is 2. The van der Waals surface area contributed by atoms with E-state index in [1.54, 1.807) is 0 Å². The fourth-order valence-electron chi connectivity index (χ4n) is 1.12. The first-order chi connectivity index (χ1) is 7.67. The largest absolute Gasteiger partial charge is 0.445 e. The molecular formula is C10H6FN3OS. The zero-order chi connectivity index (χ0) is 11.5. The number of nitrogens with two attached hydrogens (primary N) is 1. The summed E-state index contributed by atoms with van der Waals surface area (Å²) in [7, 11) is 0. The van der Waals surface area contributed by atoms with Crippen molar-refractivity contribution in [1.82, 2.24) is 4.98 Å². The minimum absolute atomic E-state index is 0.201. The van der Waals surface area contributed by atoms with E-state index in [-0.39, 0.29) is 11.3 Å². The fourth-order valence-corrected chi connectivity index (χ4v) is 1.68. The third-order valence-corrected chi connectivity index (χ3v) is 2.43. The SMILES string of the molecule is N#Cc1cc(F)cc(Oc2cnc(N)s2)c1. The molecule has 0 aliphatic heterocycles. The molecule has 4 nitrogen and oxygen atoms in total. The summed E-state index contributed by atoms with van der Waals surface area (Å²) in [5, 5.41) is 9.47. The Kier molecular flexibility index (Phi) is 2.70. The van der Waals surface area contributed by atoms with Gasteiger partial charge < -0.3 is 10.5 Å². The Hall–Kier alpha value is -2.13. The van der Waals surface area contributed by atoms with Crippen molar-refractivity contribution >= 4 is 16.5 Å². The van der Waals surface area contributed by atoms with E-state index in [9.17, 15) is 4.39 Å². The van der Waals surface area contributed by atoms with Crippen molar-refractivity contribution in [3.8, 4) is 16.9 Å². The van der Waals surface area contributed by atoms with Crippen LogP contribution in [0.3, 0.4) is 0 Å². The van der Waals surface area contributed by atoms with Gasteiger partial charge in [-0.2, -0.15) is 5.26 Å². The third kappa shape index (κ3) is 2.27. The normalized spacial score (nSPS) is 9.75. The average Bonchev–Trinajstić information content (AvgIpc) is 2.63. The van der Waals surface area contributed by atoms with Crippen LogP contribution in [0.25, 0.3) is 0 Å². The Morgan fingerprint density at radius 3 is 2.88 bits per heavy atom. The standard InChI is InChI=1S/C10H6FN3OS/c11-7-1-6(4-12)2-8(3-7)15-9-5-14-10(13)16-9/h1-3,5H,(H2,13,14). The van der Waals surface area contributed by atoms with E-state index in [1.807, 2.05) is 6.07 Å². The Morgan fingerprint density at radius 2 is 2.25 bits per heavy atom. The van der Waals surface area contributed by atoms with Crippen LogP contribution < -0.4 is 10.5 Å². The Bertz CT molecular complexity index is 561. The van der Waals surface area contributed by atoms with Gasteiger partial charge in [-0.15, -0.1) is 0 Å². The van der Waals surface area contributed by atoms with Gasteiger partial charge in [0.05, 0.1) is 17.8 Å². The fraction of sp³-hybridized carbons (Fsp3) is 0. The molecule has 0 aliphatic rings. The van der Waals surface area contributed by atoms with Crippen molar-refractivity contribution in [2.45, 2.75) is 0 Å². The quantitative estimate of drug-likeness (QED) is 0.868. The monoisotopic (exact) mass is 235 g/mol. The summed E-state index contributed by atoms with van der Waals surface area (Å²) in [4.78, 5) is 3.79. The highest BCUT2D eigenvalue weighted by molar-refractivity contribution is 7.17. The van der Waals surface area contributed by atoms with E-state index >= 15 is 0 Å². The lowest BCUT2D eigenvalue weighted by molar-refractivity contribution is 0.488. The molecule has 0 fully saturated rings. The molecule has 0 bridgehead atoms. The number of aromatic nitrogens is 1. The molecule has 0 radical (unpaired) electrons. The first-order valence-corrected chi connectivity index (χ1v) is 5.09. The summed E-state index contributed by atoms with van der Waals surface area (Å²) in [5.74, 6) is -0.272. The van der Waals surface area contributed by atoms with Gasteiger partial charge in [0.25, 0.3) is 0 Å². The molecule has 0 spiro atoms. The van der Waals surface area contributed by atoms with Crippen LogP contribution in [0, 0.1) is 17.1 Å². The summed E-state index contributed by atoms with van der Waals surface area (Å²) in [5.41, 5.74) is 5.62. The van der Waals surface area contributed by atoms with Gasteiger partial charge in [0, 0.05) is 6.07 Å². The lowest BCUT2D eigenvalue weighted by Gasteiger charge is -2.02. The van der Waals surface area contributed by atoms with E-state index in [2.05, 4.69) is 4.98 Å². The predicted molar refractivity (Wildman–Crippen MR) is 57.7 cm³/mol. The maximum absolute atomic E-state index is 13.1.